The highest BCUT2D eigenvalue weighted by Gasteiger charge is 2.31. The molecule has 0 spiro atoms. The summed E-state index contributed by atoms with van der Waals surface area (Å²) in [6.45, 7) is 2.17. The van der Waals surface area contributed by atoms with E-state index in [9.17, 15) is 13.2 Å². The minimum atomic E-state index is -4.78. The summed E-state index contributed by atoms with van der Waals surface area (Å²) in [5.41, 5.74) is 5.02. The van der Waals surface area contributed by atoms with Gasteiger partial charge in [-0.25, -0.2) is 5.10 Å². The van der Waals surface area contributed by atoms with Crippen LogP contribution in [0.4, 0.5) is 13.2 Å². The van der Waals surface area contributed by atoms with Crippen LogP contribution in [0.1, 0.15) is 18.2 Å². The highest BCUT2D eigenvalue weighted by atomic mass is 35.5. The lowest BCUT2D eigenvalue weighted by Crippen LogP contribution is -2.17. The molecule has 0 radical (unpaired) electrons. The minimum Gasteiger partial charge on any atom is -0.488 e. The third kappa shape index (κ3) is 5.97. The molecule has 1 N–H and O–H groups in total. The quantitative estimate of drug-likeness (QED) is 0.258. The lowest BCUT2D eigenvalue weighted by Gasteiger charge is -2.14. The second-order valence-corrected chi connectivity index (χ2v) is 7.97. The molecule has 0 saturated heterocycles. The van der Waals surface area contributed by atoms with Crippen molar-refractivity contribution in [3.05, 3.63) is 84.1 Å². The van der Waals surface area contributed by atoms with Crippen LogP contribution >= 0.6 is 12.4 Å². The van der Waals surface area contributed by atoms with E-state index in [0.717, 1.165) is 27.9 Å². The Bertz CT molecular complexity index is 1490. The van der Waals surface area contributed by atoms with Crippen molar-refractivity contribution in [1.82, 2.24) is 25.6 Å². The van der Waals surface area contributed by atoms with Crippen LogP contribution in [0, 0.1) is 0 Å². The molecule has 11 heteroatoms. The Kier molecular flexibility index (Phi) is 7.58. The smallest absolute Gasteiger partial charge is 0.488 e. The molecule has 0 amide bonds. The Morgan fingerprint density at radius 3 is 2.35 bits per heavy atom. The minimum absolute atomic E-state index is 0. The largest absolute Gasteiger partial charge is 0.573 e. The summed E-state index contributed by atoms with van der Waals surface area (Å²) >= 11 is 0. The van der Waals surface area contributed by atoms with E-state index in [1.54, 1.807) is 6.07 Å². The van der Waals surface area contributed by atoms with Gasteiger partial charge in [0.25, 0.3) is 0 Å². The number of hydrogen-bond donors (Lipinski definition) is 1. The third-order valence-electron chi connectivity index (χ3n) is 5.58. The fourth-order valence-electron chi connectivity index (χ4n) is 3.88. The summed E-state index contributed by atoms with van der Waals surface area (Å²) in [7, 11) is 0. The van der Waals surface area contributed by atoms with E-state index in [4.69, 9.17) is 4.74 Å². The molecule has 0 atom stereocenters. The monoisotopic (exact) mass is 527 g/mol. The molecule has 37 heavy (non-hydrogen) atoms. The number of alkyl halides is 3. The zero-order chi connectivity index (χ0) is 25.1. The maximum Gasteiger partial charge on any atom is 0.573 e. The van der Waals surface area contributed by atoms with Crippen molar-refractivity contribution in [3.8, 4) is 34.0 Å². The average molecular weight is 528 g/mol. The first-order valence-corrected chi connectivity index (χ1v) is 11.1. The molecule has 0 aliphatic rings. The maximum atomic E-state index is 12.7. The Labute approximate surface area is 216 Å². The molecule has 0 aliphatic heterocycles. The normalized spacial score (nSPS) is 11.2. The standard InChI is InChI=1S/C26H20F3N5O2.ClH/c1-2-18-13-24(22-14-19(36-26(27,28)29)11-12-23(22)30-18)35-15-16-7-9-17(10-8-16)20-5-3-4-6-21(20)25-31-33-34-32-25;/h3-14H,2,15H2,1H3,(H,31,32,33,34);1H. The number of aromatic nitrogens is 5. The number of rotatable bonds is 7. The molecule has 2 heterocycles. The first kappa shape index (κ1) is 25.9. The van der Waals surface area contributed by atoms with Gasteiger partial charge in [0.2, 0.25) is 0 Å². The Balaban J connectivity index is 0.00000320. The number of pyridine rings is 1. The maximum absolute atomic E-state index is 12.7. The van der Waals surface area contributed by atoms with E-state index in [2.05, 4.69) is 30.3 Å². The van der Waals surface area contributed by atoms with Crippen LogP contribution < -0.4 is 9.47 Å². The summed E-state index contributed by atoms with van der Waals surface area (Å²) < 4.78 is 48.3. The second kappa shape index (κ2) is 10.8. The molecular formula is C26H21ClF3N5O2. The molecule has 2 aromatic heterocycles. The molecule has 0 saturated carbocycles. The van der Waals surface area contributed by atoms with Gasteiger partial charge in [0, 0.05) is 22.7 Å². The zero-order valence-corrected chi connectivity index (χ0v) is 20.3. The molecule has 5 rings (SSSR count). The SMILES string of the molecule is CCc1cc(OCc2ccc(-c3ccccc3-c3nnn[nH]3)cc2)c2cc(OC(F)(F)F)ccc2n1.Cl. The van der Waals surface area contributed by atoms with Crippen LogP contribution in [-0.2, 0) is 13.0 Å². The van der Waals surface area contributed by atoms with E-state index < -0.39 is 6.36 Å². The molecular weight excluding hydrogens is 507 g/mol. The fraction of sp³-hybridized carbons (Fsp3) is 0.154. The zero-order valence-electron chi connectivity index (χ0n) is 19.5. The Morgan fingerprint density at radius 1 is 0.919 bits per heavy atom. The number of nitrogens with zero attached hydrogens (tertiary/aromatic N) is 4. The van der Waals surface area contributed by atoms with Crippen LogP contribution in [-0.4, -0.2) is 32.0 Å². The van der Waals surface area contributed by atoms with Gasteiger partial charge in [-0.05, 0) is 51.7 Å². The molecule has 0 aliphatic carbocycles. The van der Waals surface area contributed by atoms with E-state index in [-0.39, 0.29) is 24.8 Å². The number of fused-ring (bicyclic) bond motifs is 1. The van der Waals surface area contributed by atoms with Crippen LogP contribution in [0.5, 0.6) is 11.5 Å². The van der Waals surface area contributed by atoms with Gasteiger partial charge in [0.05, 0.1) is 5.52 Å². The number of aromatic amines is 1. The summed E-state index contributed by atoms with van der Waals surface area (Å²) in [6.07, 6.45) is -4.13. The second-order valence-electron chi connectivity index (χ2n) is 7.97. The van der Waals surface area contributed by atoms with Gasteiger partial charge < -0.3 is 9.47 Å². The molecule has 3 aromatic carbocycles. The highest BCUT2D eigenvalue weighted by molar-refractivity contribution is 5.87. The first-order chi connectivity index (χ1) is 17.4. The number of hydrogen-bond acceptors (Lipinski definition) is 6. The lowest BCUT2D eigenvalue weighted by atomic mass is 9.98. The lowest BCUT2D eigenvalue weighted by molar-refractivity contribution is -0.274. The third-order valence-corrected chi connectivity index (χ3v) is 5.58. The number of tetrazole rings is 1. The summed E-state index contributed by atoms with van der Waals surface area (Å²) in [6, 6.07) is 21.4. The van der Waals surface area contributed by atoms with Gasteiger partial charge in [-0.3, -0.25) is 4.98 Å². The topological polar surface area (TPSA) is 85.8 Å². The fourth-order valence-corrected chi connectivity index (χ4v) is 3.88. The predicted molar refractivity (Wildman–Crippen MR) is 134 cm³/mol. The summed E-state index contributed by atoms with van der Waals surface area (Å²) in [5, 5.41) is 14.5. The molecule has 7 nitrogen and oxygen atoms in total. The van der Waals surface area contributed by atoms with E-state index in [1.807, 2.05) is 55.5 Å². The van der Waals surface area contributed by atoms with Crippen molar-refractivity contribution in [2.45, 2.75) is 26.3 Å². The number of benzene rings is 3. The van der Waals surface area contributed by atoms with E-state index >= 15 is 0 Å². The van der Waals surface area contributed by atoms with Gasteiger partial charge in [-0.2, -0.15) is 0 Å². The van der Waals surface area contributed by atoms with Crippen LogP contribution in [0.25, 0.3) is 33.4 Å². The number of H-pyrrole nitrogens is 1. The Morgan fingerprint density at radius 2 is 1.68 bits per heavy atom. The van der Waals surface area contributed by atoms with Crippen molar-refractivity contribution in [1.29, 1.82) is 0 Å². The molecule has 0 unspecified atom stereocenters. The molecule has 190 valence electrons. The van der Waals surface area contributed by atoms with Gasteiger partial charge in [0.1, 0.15) is 18.1 Å². The number of aryl methyl sites for hydroxylation is 1. The van der Waals surface area contributed by atoms with Crippen LogP contribution in [0.15, 0.2) is 72.8 Å². The summed E-state index contributed by atoms with van der Waals surface area (Å²) in [5.74, 6) is 0.691. The van der Waals surface area contributed by atoms with E-state index in [0.29, 0.717) is 28.9 Å². The van der Waals surface area contributed by atoms with Crippen molar-refractivity contribution < 1.29 is 22.6 Å². The van der Waals surface area contributed by atoms with Crippen LogP contribution in [0.3, 0.4) is 0 Å². The Hall–Kier alpha value is -4.18. The highest BCUT2D eigenvalue weighted by Crippen LogP contribution is 2.33. The number of halogens is 4. The van der Waals surface area contributed by atoms with Gasteiger partial charge in [0.15, 0.2) is 5.82 Å². The van der Waals surface area contributed by atoms with Gasteiger partial charge in [-0.1, -0.05) is 55.5 Å². The number of ether oxygens (including phenoxy) is 2. The summed E-state index contributed by atoms with van der Waals surface area (Å²) in [4.78, 5) is 4.49. The first-order valence-electron chi connectivity index (χ1n) is 11.1. The van der Waals surface area contributed by atoms with Crippen molar-refractivity contribution in [3.63, 3.8) is 0 Å². The van der Waals surface area contributed by atoms with Crippen molar-refractivity contribution in [2.75, 3.05) is 0 Å². The molecule has 5 aromatic rings. The average Bonchev–Trinajstić information content (AvgIpc) is 3.41. The predicted octanol–water partition coefficient (Wildman–Crippen LogP) is 6.54. The van der Waals surface area contributed by atoms with Gasteiger partial charge in [-0.15, -0.1) is 30.7 Å². The van der Waals surface area contributed by atoms with Crippen LogP contribution in [0.2, 0.25) is 0 Å². The van der Waals surface area contributed by atoms with Gasteiger partial charge >= 0.3 is 6.36 Å². The van der Waals surface area contributed by atoms with Crippen molar-refractivity contribution in [2.24, 2.45) is 0 Å². The molecule has 0 fully saturated rings. The van der Waals surface area contributed by atoms with E-state index in [1.165, 1.54) is 18.2 Å². The number of nitrogens with one attached hydrogen (secondary N) is 1. The molecule has 0 bridgehead atoms. The van der Waals surface area contributed by atoms with Crippen molar-refractivity contribution >= 4 is 23.3 Å².